The number of hydrogen-bond donors (Lipinski definition) is 1. The van der Waals surface area contributed by atoms with E-state index in [2.05, 4.69) is 37.2 Å². The average molecular weight is 297 g/mol. The lowest BCUT2D eigenvalue weighted by Gasteiger charge is -2.25. The summed E-state index contributed by atoms with van der Waals surface area (Å²) in [6.45, 7) is 10.0. The van der Waals surface area contributed by atoms with Crippen LogP contribution in [0.25, 0.3) is 11.0 Å². The minimum Gasteiger partial charge on any atom is -0.331 e. The molecule has 0 radical (unpaired) electrons. The van der Waals surface area contributed by atoms with Gasteiger partial charge >= 0.3 is 0 Å². The zero-order valence-electron chi connectivity index (χ0n) is 11.9. The number of H-pyrrole nitrogens is 1. The molecule has 1 heterocycles. The summed E-state index contributed by atoms with van der Waals surface area (Å²) in [5, 5.41) is 0.751. The molecule has 0 aliphatic heterocycles. The maximum Gasteiger partial charge on any atom is 0.178 e. The van der Waals surface area contributed by atoms with Crippen molar-refractivity contribution in [3.8, 4) is 0 Å². The van der Waals surface area contributed by atoms with Gasteiger partial charge in [0.05, 0.1) is 11.0 Å². The van der Waals surface area contributed by atoms with Crippen LogP contribution < -0.4 is 0 Å². The van der Waals surface area contributed by atoms with Crippen molar-refractivity contribution in [2.24, 2.45) is 17.8 Å². The third-order valence-electron chi connectivity index (χ3n) is 3.84. The summed E-state index contributed by atoms with van der Waals surface area (Å²) < 4.78 is 2.96. The van der Waals surface area contributed by atoms with Crippen molar-refractivity contribution in [1.29, 1.82) is 0 Å². The van der Waals surface area contributed by atoms with Gasteiger partial charge in [-0.15, -0.1) is 0 Å². The van der Waals surface area contributed by atoms with Gasteiger partial charge in [-0.3, -0.25) is 0 Å². The molecule has 2 aromatic rings. The molecule has 0 fully saturated rings. The van der Waals surface area contributed by atoms with Gasteiger partial charge in [0.25, 0.3) is 0 Å². The number of rotatable bonds is 4. The minimum absolute atomic E-state index is 0.602. The summed E-state index contributed by atoms with van der Waals surface area (Å²) in [7, 11) is 0. The van der Waals surface area contributed by atoms with E-state index < -0.39 is 0 Å². The van der Waals surface area contributed by atoms with Crippen LogP contribution in [0.4, 0.5) is 0 Å². The van der Waals surface area contributed by atoms with E-state index >= 15 is 0 Å². The SMILES string of the molecule is CC(C)C(Cn1c(=S)[nH]c2ccc(Cl)cc21)C(C)C. The van der Waals surface area contributed by atoms with Gasteiger partial charge in [-0.2, -0.15) is 0 Å². The average Bonchev–Trinajstić information content (AvgIpc) is 2.60. The smallest absolute Gasteiger partial charge is 0.178 e. The van der Waals surface area contributed by atoms with Crippen molar-refractivity contribution in [3.05, 3.63) is 28.0 Å². The molecule has 1 aromatic carbocycles. The van der Waals surface area contributed by atoms with Crippen LogP contribution in [0.2, 0.25) is 5.02 Å². The van der Waals surface area contributed by atoms with E-state index in [1.54, 1.807) is 0 Å². The van der Waals surface area contributed by atoms with E-state index in [1.165, 1.54) is 0 Å². The molecule has 0 saturated heterocycles. The number of fused-ring (bicyclic) bond motifs is 1. The Balaban J connectivity index is 2.47. The number of aromatic amines is 1. The van der Waals surface area contributed by atoms with Gasteiger partial charge in [-0.1, -0.05) is 39.3 Å². The Bertz CT molecular complexity index is 617. The molecule has 2 nitrogen and oxygen atoms in total. The third kappa shape index (κ3) is 3.03. The largest absolute Gasteiger partial charge is 0.331 e. The van der Waals surface area contributed by atoms with Crippen LogP contribution >= 0.6 is 23.8 Å². The van der Waals surface area contributed by atoms with E-state index in [9.17, 15) is 0 Å². The first kappa shape index (κ1) is 14.6. The molecule has 0 spiro atoms. The molecule has 0 bridgehead atoms. The first-order valence-electron chi connectivity index (χ1n) is 6.78. The van der Waals surface area contributed by atoms with Gasteiger partial charge in [0, 0.05) is 11.6 Å². The summed E-state index contributed by atoms with van der Waals surface area (Å²) in [6, 6.07) is 5.87. The van der Waals surface area contributed by atoms with E-state index in [1.807, 2.05) is 18.2 Å². The Morgan fingerprint density at radius 2 is 1.84 bits per heavy atom. The molecule has 0 saturated carbocycles. The fourth-order valence-corrected chi connectivity index (χ4v) is 3.16. The number of benzene rings is 1. The summed E-state index contributed by atoms with van der Waals surface area (Å²) >= 11 is 11.6. The van der Waals surface area contributed by atoms with E-state index in [4.69, 9.17) is 23.8 Å². The zero-order valence-corrected chi connectivity index (χ0v) is 13.5. The number of aromatic nitrogens is 2. The monoisotopic (exact) mass is 296 g/mol. The Labute approximate surface area is 124 Å². The van der Waals surface area contributed by atoms with Crippen LogP contribution in [0.1, 0.15) is 27.7 Å². The fraction of sp³-hybridized carbons (Fsp3) is 0.533. The van der Waals surface area contributed by atoms with E-state index in [0.29, 0.717) is 17.8 Å². The molecule has 0 amide bonds. The minimum atomic E-state index is 0.602. The highest BCUT2D eigenvalue weighted by Gasteiger charge is 2.19. The molecule has 0 unspecified atom stereocenters. The molecule has 2 rings (SSSR count). The summed E-state index contributed by atoms with van der Waals surface area (Å²) in [4.78, 5) is 3.26. The van der Waals surface area contributed by atoms with Gasteiger partial charge in [0.2, 0.25) is 0 Å². The van der Waals surface area contributed by atoms with Crippen molar-refractivity contribution < 1.29 is 0 Å². The summed E-state index contributed by atoms with van der Waals surface area (Å²) in [5.74, 6) is 1.86. The van der Waals surface area contributed by atoms with Crippen LogP contribution in [0.15, 0.2) is 18.2 Å². The van der Waals surface area contributed by atoms with Crippen LogP contribution in [-0.2, 0) is 6.54 Å². The highest BCUT2D eigenvalue weighted by Crippen LogP contribution is 2.26. The van der Waals surface area contributed by atoms with Crippen LogP contribution in [0.3, 0.4) is 0 Å². The Morgan fingerprint density at radius 1 is 1.21 bits per heavy atom. The second-order valence-corrected chi connectivity index (χ2v) is 6.68. The number of hydrogen-bond acceptors (Lipinski definition) is 1. The van der Waals surface area contributed by atoms with Crippen LogP contribution in [0, 0.1) is 22.5 Å². The first-order valence-corrected chi connectivity index (χ1v) is 7.57. The molecular formula is C15H21ClN2S. The van der Waals surface area contributed by atoms with Gasteiger partial charge in [0.15, 0.2) is 4.77 Å². The van der Waals surface area contributed by atoms with Crippen molar-refractivity contribution in [2.45, 2.75) is 34.2 Å². The van der Waals surface area contributed by atoms with Gasteiger partial charge < -0.3 is 9.55 Å². The van der Waals surface area contributed by atoms with Crippen molar-refractivity contribution in [2.75, 3.05) is 0 Å². The maximum atomic E-state index is 6.10. The number of nitrogens with one attached hydrogen (secondary N) is 1. The highest BCUT2D eigenvalue weighted by molar-refractivity contribution is 7.71. The quantitative estimate of drug-likeness (QED) is 0.761. The molecule has 1 aromatic heterocycles. The van der Waals surface area contributed by atoms with Gasteiger partial charge in [0.1, 0.15) is 0 Å². The summed E-state index contributed by atoms with van der Waals surface area (Å²) in [5.41, 5.74) is 2.16. The molecule has 0 atom stereocenters. The standard InChI is InChI=1S/C15H21ClN2S/c1-9(2)12(10(3)4)8-18-14-7-11(16)5-6-13(14)17-15(18)19/h5-7,9-10,12H,8H2,1-4H3,(H,17,19). The molecular weight excluding hydrogens is 276 g/mol. The zero-order chi connectivity index (χ0) is 14.2. The second-order valence-electron chi connectivity index (χ2n) is 5.85. The summed E-state index contributed by atoms with van der Waals surface area (Å²) in [6.07, 6.45) is 0. The molecule has 19 heavy (non-hydrogen) atoms. The lowest BCUT2D eigenvalue weighted by molar-refractivity contribution is 0.253. The Hall–Kier alpha value is -0.800. The molecule has 104 valence electrons. The van der Waals surface area contributed by atoms with Crippen molar-refractivity contribution in [3.63, 3.8) is 0 Å². The number of halogens is 1. The maximum absolute atomic E-state index is 6.10. The van der Waals surface area contributed by atoms with E-state index in [0.717, 1.165) is 27.4 Å². The van der Waals surface area contributed by atoms with Gasteiger partial charge in [-0.05, 0) is 48.2 Å². The Morgan fingerprint density at radius 3 is 2.42 bits per heavy atom. The predicted molar refractivity (Wildman–Crippen MR) is 85.3 cm³/mol. The molecule has 0 aliphatic rings. The van der Waals surface area contributed by atoms with Crippen LogP contribution in [0.5, 0.6) is 0 Å². The first-order chi connectivity index (χ1) is 8.90. The third-order valence-corrected chi connectivity index (χ3v) is 4.40. The topological polar surface area (TPSA) is 20.7 Å². The predicted octanol–water partition coefficient (Wildman–Crippen LogP) is 5.28. The number of imidazole rings is 1. The number of nitrogens with zero attached hydrogens (tertiary/aromatic N) is 1. The van der Waals surface area contributed by atoms with Crippen LogP contribution in [-0.4, -0.2) is 9.55 Å². The molecule has 4 heteroatoms. The Kier molecular flexibility index (Phi) is 4.36. The molecule has 1 N–H and O–H groups in total. The van der Waals surface area contributed by atoms with Crippen molar-refractivity contribution in [1.82, 2.24) is 9.55 Å². The lowest BCUT2D eigenvalue weighted by atomic mass is 9.85. The van der Waals surface area contributed by atoms with Crippen molar-refractivity contribution >= 4 is 34.9 Å². The molecule has 0 aliphatic carbocycles. The van der Waals surface area contributed by atoms with E-state index in [-0.39, 0.29) is 0 Å². The second kappa shape index (κ2) is 5.68. The fourth-order valence-electron chi connectivity index (χ4n) is 2.71. The lowest BCUT2D eigenvalue weighted by Crippen LogP contribution is -2.21. The normalized spacial score (nSPS) is 12.2. The van der Waals surface area contributed by atoms with Gasteiger partial charge in [-0.25, -0.2) is 0 Å². The highest BCUT2D eigenvalue weighted by atomic mass is 35.5.